The van der Waals surface area contributed by atoms with Crippen LogP contribution in [-0.2, 0) is 16.4 Å². The zero-order valence-corrected chi connectivity index (χ0v) is 17.7. The molecule has 1 heterocycles. The predicted molar refractivity (Wildman–Crippen MR) is 111 cm³/mol. The monoisotopic (exact) mass is 421 g/mol. The average Bonchev–Trinajstić information content (AvgIpc) is 3.04. The first-order chi connectivity index (χ1) is 13.7. The SMILES string of the molecule is Cc1cccc(OCC(O)CN(Cc2ccc(F)cc2)C2CCS(=O)(=O)C2)c1C. The second-order valence-electron chi connectivity index (χ2n) is 7.78. The molecule has 3 rings (SSSR count). The van der Waals surface area contributed by atoms with Crippen LogP contribution in [-0.4, -0.2) is 55.2 Å². The van der Waals surface area contributed by atoms with Gasteiger partial charge in [-0.1, -0.05) is 24.3 Å². The van der Waals surface area contributed by atoms with E-state index in [1.165, 1.54) is 12.1 Å². The number of hydrogen-bond donors (Lipinski definition) is 1. The maximum absolute atomic E-state index is 13.2. The van der Waals surface area contributed by atoms with E-state index in [1.807, 2.05) is 36.9 Å². The Balaban J connectivity index is 1.66. The van der Waals surface area contributed by atoms with Crippen molar-refractivity contribution >= 4 is 9.84 Å². The van der Waals surface area contributed by atoms with Gasteiger partial charge >= 0.3 is 0 Å². The topological polar surface area (TPSA) is 66.8 Å². The molecule has 2 atom stereocenters. The first-order valence-corrected chi connectivity index (χ1v) is 11.6. The highest BCUT2D eigenvalue weighted by Gasteiger charge is 2.33. The summed E-state index contributed by atoms with van der Waals surface area (Å²) in [5.41, 5.74) is 3.02. The van der Waals surface area contributed by atoms with E-state index in [9.17, 15) is 17.9 Å². The number of hydrogen-bond acceptors (Lipinski definition) is 5. The third-order valence-corrected chi connectivity index (χ3v) is 7.21. The number of nitrogens with zero attached hydrogens (tertiary/aromatic N) is 1. The van der Waals surface area contributed by atoms with Crippen LogP contribution in [0.15, 0.2) is 42.5 Å². The summed E-state index contributed by atoms with van der Waals surface area (Å²) >= 11 is 0. The van der Waals surface area contributed by atoms with Crippen molar-refractivity contribution in [1.29, 1.82) is 0 Å². The highest BCUT2D eigenvalue weighted by atomic mass is 32.2. The molecular formula is C22H28FNO4S. The van der Waals surface area contributed by atoms with Gasteiger partial charge < -0.3 is 9.84 Å². The first kappa shape index (κ1) is 21.7. The molecule has 0 amide bonds. The van der Waals surface area contributed by atoms with Gasteiger partial charge in [-0.15, -0.1) is 0 Å². The molecule has 1 N–H and O–H groups in total. The lowest BCUT2D eigenvalue weighted by molar-refractivity contribution is 0.0522. The Morgan fingerprint density at radius 3 is 2.59 bits per heavy atom. The van der Waals surface area contributed by atoms with Gasteiger partial charge in [0.15, 0.2) is 9.84 Å². The molecule has 2 aromatic rings. The number of aliphatic hydroxyl groups excluding tert-OH is 1. The van der Waals surface area contributed by atoms with Gasteiger partial charge in [0.25, 0.3) is 0 Å². The summed E-state index contributed by atoms with van der Waals surface area (Å²) in [5.74, 6) is 0.661. The van der Waals surface area contributed by atoms with Crippen LogP contribution in [0.1, 0.15) is 23.1 Å². The number of sulfone groups is 1. The molecule has 0 radical (unpaired) electrons. The molecule has 0 aromatic heterocycles. The number of ether oxygens (including phenoxy) is 1. The minimum Gasteiger partial charge on any atom is -0.491 e. The molecule has 1 aliphatic rings. The summed E-state index contributed by atoms with van der Waals surface area (Å²) in [4.78, 5) is 1.97. The van der Waals surface area contributed by atoms with E-state index in [4.69, 9.17) is 4.74 Å². The van der Waals surface area contributed by atoms with Crippen LogP contribution in [0.4, 0.5) is 4.39 Å². The first-order valence-electron chi connectivity index (χ1n) is 9.79. The fourth-order valence-corrected chi connectivity index (χ4v) is 5.38. The van der Waals surface area contributed by atoms with E-state index in [0.717, 1.165) is 22.4 Å². The molecule has 158 valence electrons. The Bertz CT molecular complexity index is 930. The Kier molecular flexibility index (Phi) is 6.93. The number of aryl methyl sites for hydroxylation is 1. The van der Waals surface area contributed by atoms with Crippen molar-refractivity contribution < 1.29 is 22.7 Å². The van der Waals surface area contributed by atoms with Crippen molar-refractivity contribution in [3.8, 4) is 5.75 Å². The summed E-state index contributed by atoms with van der Waals surface area (Å²) in [7, 11) is -3.06. The third kappa shape index (κ3) is 6.01. The molecule has 0 bridgehead atoms. The summed E-state index contributed by atoms with van der Waals surface area (Å²) < 4.78 is 42.9. The lowest BCUT2D eigenvalue weighted by Gasteiger charge is -2.30. The number of aliphatic hydroxyl groups is 1. The fraction of sp³-hybridized carbons (Fsp3) is 0.455. The van der Waals surface area contributed by atoms with Crippen LogP contribution in [0.25, 0.3) is 0 Å². The zero-order chi connectivity index (χ0) is 21.0. The highest BCUT2D eigenvalue weighted by molar-refractivity contribution is 7.91. The van der Waals surface area contributed by atoms with Crippen LogP contribution in [0, 0.1) is 19.7 Å². The van der Waals surface area contributed by atoms with Gasteiger partial charge in [-0.2, -0.15) is 0 Å². The Morgan fingerprint density at radius 1 is 1.21 bits per heavy atom. The Hall–Kier alpha value is -1.96. The Labute approximate surface area is 172 Å². The van der Waals surface area contributed by atoms with Crippen LogP contribution in [0.3, 0.4) is 0 Å². The van der Waals surface area contributed by atoms with Gasteiger partial charge in [0, 0.05) is 19.1 Å². The van der Waals surface area contributed by atoms with Gasteiger partial charge in [-0.25, -0.2) is 12.8 Å². The quantitative estimate of drug-likeness (QED) is 0.710. The molecule has 2 unspecified atom stereocenters. The molecule has 7 heteroatoms. The van der Waals surface area contributed by atoms with Crippen molar-refractivity contribution in [1.82, 2.24) is 4.90 Å². The van der Waals surface area contributed by atoms with E-state index in [1.54, 1.807) is 12.1 Å². The molecule has 29 heavy (non-hydrogen) atoms. The van der Waals surface area contributed by atoms with Gasteiger partial charge in [-0.05, 0) is 55.2 Å². The smallest absolute Gasteiger partial charge is 0.151 e. The molecule has 2 aromatic carbocycles. The van der Waals surface area contributed by atoms with Crippen LogP contribution in [0.5, 0.6) is 5.75 Å². The molecule has 1 aliphatic heterocycles. The van der Waals surface area contributed by atoms with Crippen molar-refractivity contribution in [2.24, 2.45) is 0 Å². The third-order valence-electron chi connectivity index (χ3n) is 5.46. The summed E-state index contributed by atoms with van der Waals surface area (Å²) in [6.45, 7) is 4.82. The summed E-state index contributed by atoms with van der Waals surface area (Å²) in [5, 5.41) is 10.6. The van der Waals surface area contributed by atoms with Crippen molar-refractivity contribution in [3.63, 3.8) is 0 Å². The predicted octanol–water partition coefficient (Wildman–Crippen LogP) is 2.87. The highest BCUT2D eigenvalue weighted by Crippen LogP contribution is 2.22. The Morgan fingerprint density at radius 2 is 1.93 bits per heavy atom. The normalized spacial score (nSPS) is 19.4. The van der Waals surface area contributed by atoms with Crippen molar-refractivity contribution in [2.45, 2.75) is 39.0 Å². The van der Waals surface area contributed by atoms with E-state index in [2.05, 4.69) is 0 Å². The van der Waals surface area contributed by atoms with E-state index in [-0.39, 0.29) is 36.5 Å². The standard InChI is InChI=1S/C22H28FNO4S/c1-16-4-3-5-22(17(16)2)28-14-21(25)13-24(20-10-11-29(26,27)15-20)12-18-6-8-19(23)9-7-18/h3-9,20-21,25H,10-15H2,1-2H3. The minimum atomic E-state index is -3.06. The fourth-order valence-electron chi connectivity index (χ4n) is 3.62. The molecule has 1 fully saturated rings. The number of rotatable bonds is 8. The molecule has 0 spiro atoms. The molecule has 0 aliphatic carbocycles. The van der Waals surface area contributed by atoms with Crippen molar-refractivity contribution in [2.75, 3.05) is 24.7 Å². The van der Waals surface area contributed by atoms with E-state index in [0.29, 0.717) is 13.0 Å². The molecule has 0 saturated carbocycles. The zero-order valence-electron chi connectivity index (χ0n) is 16.8. The van der Waals surface area contributed by atoms with Crippen LogP contribution < -0.4 is 4.74 Å². The van der Waals surface area contributed by atoms with Gasteiger partial charge in [0.05, 0.1) is 11.5 Å². The largest absolute Gasteiger partial charge is 0.491 e. The van der Waals surface area contributed by atoms with Crippen molar-refractivity contribution in [3.05, 3.63) is 65.0 Å². The maximum Gasteiger partial charge on any atom is 0.151 e. The molecule has 5 nitrogen and oxygen atoms in total. The van der Waals surface area contributed by atoms with Crippen LogP contribution in [0.2, 0.25) is 0 Å². The van der Waals surface area contributed by atoms with E-state index < -0.39 is 15.9 Å². The van der Waals surface area contributed by atoms with E-state index >= 15 is 0 Å². The molecule has 1 saturated heterocycles. The van der Waals surface area contributed by atoms with Gasteiger partial charge in [0.1, 0.15) is 24.3 Å². The number of benzene rings is 2. The maximum atomic E-state index is 13.2. The second-order valence-corrected chi connectivity index (χ2v) is 10.0. The molecular weight excluding hydrogens is 393 g/mol. The van der Waals surface area contributed by atoms with Gasteiger partial charge in [-0.3, -0.25) is 4.90 Å². The second kappa shape index (κ2) is 9.24. The summed E-state index contributed by atoms with van der Waals surface area (Å²) in [6, 6.07) is 11.8. The average molecular weight is 422 g/mol. The van der Waals surface area contributed by atoms with Crippen LogP contribution >= 0.6 is 0 Å². The lowest BCUT2D eigenvalue weighted by Crippen LogP contribution is -2.42. The number of halogens is 1. The minimum absolute atomic E-state index is 0.0821. The lowest BCUT2D eigenvalue weighted by atomic mass is 10.1. The van der Waals surface area contributed by atoms with Gasteiger partial charge in [0.2, 0.25) is 0 Å². The summed E-state index contributed by atoms with van der Waals surface area (Å²) in [6.07, 6.45) is -0.243.